The van der Waals surface area contributed by atoms with E-state index >= 15 is 0 Å². The molecule has 80 valence electrons. The molecular formula is C12H21NO. The molecule has 0 fully saturated rings. The van der Waals surface area contributed by atoms with Gasteiger partial charge in [0.05, 0.1) is 0 Å². The number of hydrogen-bond donors (Lipinski definition) is 1. The lowest BCUT2D eigenvalue weighted by molar-refractivity contribution is -0.115. The highest BCUT2D eigenvalue weighted by Gasteiger charge is 2.14. The highest BCUT2D eigenvalue weighted by Crippen LogP contribution is 2.25. The Balaban J connectivity index is 2.35. The Bertz CT molecular complexity index is 220. The van der Waals surface area contributed by atoms with E-state index in [1.165, 1.54) is 18.4 Å². The van der Waals surface area contributed by atoms with Crippen LogP contribution in [0.15, 0.2) is 11.6 Å². The molecule has 1 rings (SSSR count). The van der Waals surface area contributed by atoms with Gasteiger partial charge in [0.1, 0.15) is 0 Å². The molecule has 2 nitrogen and oxygen atoms in total. The first-order valence-corrected chi connectivity index (χ1v) is 5.62. The van der Waals surface area contributed by atoms with E-state index in [2.05, 4.69) is 12.2 Å². The Morgan fingerprint density at radius 1 is 1.50 bits per heavy atom. The van der Waals surface area contributed by atoms with Crippen molar-refractivity contribution in [1.29, 1.82) is 0 Å². The zero-order valence-corrected chi connectivity index (χ0v) is 9.31. The second kappa shape index (κ2) is 5.97. The van der Waals surface area contributed by atoms with Crippen LogP contribution in [0.5, 0.6) is 0 Å². The fourth-order valence-corrected chi connectivity index (χ4v) is 1.98. The van der Waals surface area contributed by atoms with Gasteiger partial charge in [-0.25, -0.2) is 0 Å². The van der Waals surface area contributed by atoms with Crippen molar-refractivity contribution in [3.05, 3.63) is 11.6 Å². The molecule has 1 aliphatic carbocycles. The van der Waals surface area contributed by atoms with Crippen LogP contribution in [0.2, 0.25) is 0 Å². The van der Waals surface area contributed by atoms with Crippen molar-refractivity contribution < 1.29 is 4.79 Å². The molecule has 0 aromatic rings. The largest absolute Gasteiger partial charge is 0.320 e. The maximum absolute atomic E-state index is 11.2. The molecule has 0 bridgehead atoms. The van der Waals surface area contributed by atoms with Gasteiger partial charge >= 0.3 is 0 Å². The van der Waals surface area contributed by atoms with Crippen molar-refractivity contribution in [2.45, 2.75) is 39.0 Å². The average Bonchev–Trinajstić information content (AvgIpc) is 2.18. The highest BCUT2D eigenvalue weighted by atomic mass is 16.1. The van der Waals surface area contributed by atoms with Gasteiger partial charge in [-0.15, -0.1) is 0 Å². The van der Waals surface area contributed by atoms with Crippen LogP contribution in [0.4, 0.5) is 0 Å². The molecule has 0 radical (unpaired) electrons. The van der Waals surface area contributed by atoms with Gasteiger partial charge in [0, 0.05) is 6.42 Å². The number of hydrogen-bond acceptors (Lipinski definition) is 2. The molecule has 0 aromatic heterocycles. The first-order chi connectivity index (χ1) is 6.74. The highest BCUT2D eigenvalue weighted by molar-refractivity contribution is 5.91. The summed E-state index contributed by atoms with van der Waals surface area (Å²) in [6.45, 7) is 3.31. The number of nitrogens with one attached hydrogen (secondary N) is 1. The van der Waals surface area contributed by atoms with Gasteiger partial charge in [0.25, 0.3) is 0 Å². The topological polar surface area (TPSA) is 29.1 Å². The Morgan fingerprint density at radius 3 is 2.93 bits per heavy atom. The van der Waals surface area contributed by atoms with Gasteiger partial charge in [-0.3, -0.25) is 4.79 Å². The summed E-state index contributed by atoms with van der Waals surface area (Å²) >= 11 is 0. The van der Waals surface area contributed by atoms with Crippen LogP contribution in [0, 0.1) is 5.92 Å². The van der Waals surface area contributed by atoms with Crippen LogP contribution in [0.25, 0.3) is 0 Å². The predicted octanol–water partition coefficient (Wildman–Crippen LogP) is 2.30. The van der Waals surface area contributed by atoms with Crippen LogP contribution in [0.3, 0.4) is 0 Å². The number of carbonyl (C=O) groups excluding carboxylic acids is 1. The molecule has 0 amide bonds. The summed E-state index contributed by atoms with van der Waals surface area (Å²) < 4.78 is 0. The minimum absolute atomic E-state index is 0.326. The van der Waals surface area contributed by atoms with E-state index in [4.69, 9.17) is 0 Å². The third-order valence-electron chi connectivity index (χ3n) is 2.93. The predicted molar refractivity (Wildman–Crippen MR) is 59.3 cm³/mol. The third-order valence-corrected chi connectivity index (χ3v) is 2.93. The third kappa shape index (κ3) is 3.62. The van der Waals surface area contributed by atoms with Gasteiger partial charge in [-0.05, 0) is 51.3 Å². The zero-order valence-electron chi connectivity index (χ0n) is 9.31. The van der Waals surface area contributed by atoms with E-state index in [0.29, 0.717) is 11.7 Å². The molecule has 1 unspecified atom stereocenters. The summed E-state index contributed by atoms with van der Waals surface area (Å²) in [7, 11) is 1.98. The normalized spacial score (nSPS) is 19.3. The summed E-state index contributed by atoms with van der Waals surface area (Å²) in [4.78, 5) is 11.2. The SMILES string of the molecule is CNCCCC(C)C1=CC(=O)CCC1. The van der Waals surface area contributed by atoms with E-state index in [-0.39, 0.29) is 0 Å². The summed E-state index contributed by atoms with van der Waals surface area (Å²) in [5, 5.41) is 3.15. The van der Waals surface area contributed by atoms with Gasteiger partial charge < -0.3 is 5.32 Å². The van der Waals surface area contributed by atoms with Crippen molar-refractivity contribution in [3.63, 3.8) is 0 Å². The van der Waals surface area contributed by atoms with Crippen molar-refractivity contribution in [3.8, 4) is 0 Å². The molecule has 0 aromatic carbocycles. The molecule has 1 N–H and O–H groups in total. The van der Waals surface area contributed by atoms with Crippen LogP contribution in [0.1, 0.15) is 39.0 Å². The number of carbonyl (C=O) groups is 1. The van der Waals surface area contributed by atoms with Gasteiger partial charge in [-0.1, -0.05) is 12.5 Å². The fraction of sp³-hybridized carbons (Fsp3) is 0.750. The van der Waals surface area contributed by atoms with E-state index in [0.717, 1.165) is 25.8 Å². The van der Waals surface area contributed by atoms with Crippen molar-refractivity contribution >= 4 is 5.78 Å². The smallest absolute Gasteiger partial charge is 0.155 e. The van der Waals surface area contributed by atoms with E-state index in [1.807, 2.05) is 13.1 Å². The summed E-state index contributed by atoms with van der Waals surface area (Å²) in [5.41, 5.74) is 1.37. The van der Waals surface area contributed by atoms with Crippen molar-refractivity contribution in [1.82, 2.24) is 5.32 Å². The number of ketones is 1. The van der Waals surface area contributed by atoms with Crippen molar-refractivity contribution in [2.75, 3.05) is 13.6 Å². The summed E-state index contributed by atoms with van der Waals surface area (Å²) in [6, 6.07) is 0. The lowest BCUT2D eigenvalue weighted by Gasteiger charge is -2.18. The van der Waals surface area contributed by atoms with Crippen LogP contribution >= 0.6 is 0 Å². The van der Waals surface area contributed by atoms with E-state index in [1.54, 1.807) is 0 Å². The summed E-state index contributed by atoms with van der Waals surface area (Å²) in [5.74, 6) is 0.916. The first kappa shape index (κ1) is 11.4. The Labute approximate surface area is 86.8 Å². The molecule has 0 spiro atoms. The van der Waals surface area contributed by atoms with Crippen LogP contribution in [-0.2, 0) is 4.79 Å². The molecule has 0 saturated carbocycles. The number of allylic oxidation sites excluding steroid dienone is 2. The molecule has 14 heavy (non-hydrogen) atoms. The maximum Gasteiger partial charge on any atom is 0.155 e. The quantitative estimate of drug-likeness (QED) is 0.682. The standard InChI is InChI=1S/C12H21NO/c1-10(5-4-8-13-2)11-6-3-7-12(14)9-11/h9-10,13H,3-8H2,1-2H3. The van der Waals surface area contributed by atoms with E-state index < -0.39 is 0 Å². The van der Waals surface area contributed by atoms with Gasteiger partial charge in [0.2, 0.25) is 0 Å². The van der Waals surface area contributed by atoms with Gasteiger partial charge in [0.15, 0.2) is 5.78 Å². The van der Waals surface area contributed by atoms with E-state index in [9.17, 15) is 4.79 Å². The lowest BCUT2D eigenvalue weighted by Crippen LogP contribution is -2.12. The number of rotatable bonds is 5. The second-order valence-corrected chi connectivity index (χ2v) is 4.19. The Morgan fingerprint density at radius 2 is 2.29 bits per heavy atom. The molecule has 0 aliphatic heterocycles. The Hall–Kier alpha value is -0.630. The second-order valence-electron chi connectivity index (χ2n) is 4.19. The molecule has 2 heteroatoms. The molecule has 1 atom stereocenters. The summed E-state index contributed by atoms with van der Waals surface area (Å²) in [6.07, 6.45) is 7.22. The monoisotopic (exact) mass is 195 g/mol. The minimum atomic E-state index is 0.326. The van der Waals surface area contributed by atoms with Crippen LogP contribution < -0.4 is 5.32 Å². The zero-order chi connectivity index (χ0) is 10.4. The van der Waals surface area contributed by atoms with Crippen LogP contribution in [-0.4, -0.2) is 19.4 Å². The average molecular weight is 195 g/mol. The minimum Gasteiger partial charge on any atom is -0.320 e. The first-order valence-electron chi connectivity index (χ1n) is 5.62. The molecular weight excluding hydrogens is 174 g/mol. The fourth-order valence-electron chi connectivity index (χ4n) is 1.98. The molecule has 0 heterocycles. The molecule has 0 saturated heterocycles. The lowest BCUT2D eigenvalue weighted by atomic mass is 9.87. The van der Waals surface area contributed by atoms with Crippen molar-refractivity contribution in [2.24, 2.45) is 5.92 Å². The van der Waals surface area contributed by atoms with Gasteiger partial charge in [-0.2, -0.15) is 0 Å². The Kier molecular flexibility index (Phi) is 4.88. The maximum atomic E-state index is 11.2. The molecule has 1 aliphatic rings.